The summed E-state index contributed by atoms with van der Waals surface area (Å²) in [5, 5.41) is 8.53. The summed E-state index contributed by atoms with van der Waals surface area (Å²) in [5.41, 5.74) is 0. The molecule has 0 amide bonds. The number of hydrogen-bond donors (Lipinski definition) is 1. The third-order valence-electron chi connectivity index (χ3n) is 1.58. The van der Waals surface area contributed by atoms with E-state index in [0.29, 0.717) is 19.6 Å². The summed E-state index contributed by atoms with van der Waals surface area (Å²) in [5.74, 6) is 0. The van der Waals surface area contributed by atoms with Gasteiger partial charge in [0.15, 0.2) is 6.29 Å². The quantitative estimate of drug-likeness (QED) is 0.473. The zero-order valence-corrected chi connectivity index (χ0v) is 10.2. The maximum Gasteiger partial charge on any atom is 0.160 e. The van der Waals surface area contributed by atoms with Crippen LogP contribution in [0.5, 0.6) is 0 Å². The third-order valence-corrected chi connectivity index (χ3v) is 1.58. The van der Waals surface area contributed by atoms with Crippen molar-refractivity contribution in [1.82, 2.24) is 0 Å². The van der Waals surface area contributed by atoms with Gasteiger partial charge in [-0.25, -0.2) is 0 Å². The molecule has 0 unspecified atom stereocenters. The van der Waals surface area contributed by atoms with Crippen LogP contribution in [-0.2, 0) is 14.2 Å². The Bertz CT molecular complexity index is 127. The van der Waals surface area contributed by atoms with Gasteiger partial charge in [0.05, 0.1) is 32.0 Å². The van der Waals surface area contributed by atoms with E-state index < -0.39 is 0 Å². The first kappa shape index (κ1) is 14.8. The lowest BCUT2D eigenvalue weighted by atomic mass is 10.4. The van der Waals surface area contributed by atoms with E-state index in [0.717, 1.165) is 0 Å². The first-order valence-corrected chi connectivity index (χ1v) is 5.55. The fraction of sp³-hybridized carbons (Fsp3) is 1.00. The van der Waals surface area contributed by atoms with Crippen LogP contribution in [-0.4, -0.2) is 43.4 Å². The molecule has 4 nitrogen and oxygen atoms in total. The van der Waals surface area contributed by atoms with Gasteiger partial charge in [0.25, 0.3) is 0 Å². The summed E-state index contributed by atoms with van der Waals surface area (Å²) >= 11 is 0. The van der Waals surface area contributed by atoms with E-state index in [2.05, 4.69) is 0 Å². The summed E-state index contributed by atoms with van der Waals surface area (Å²) in [7, 11) is 0. The zero-order valence-electron chi connectivity index (χ0n) is 10.2. The molecule has 0 aromatic heterocycles. The molecule has 0 radical (unpaired) electrons. The van der Waals surface area contributed by atoms with Crippen LogP contribution in [0.15, 0.2) is 0 Å². The molecule has 0 bridgehead atoms. The predicted octanol–water partition coefficient (Wildman–Crippen LogP) is 1.56. The van der Waals surface area contributed by atoms with E-state index in [-0.39, 0.29) is 25.1 Å². The fourth-order valence-corrected chi connectivity index (χ4v) is 1.12. The number of aliphatic hydroxyl groups is 1. The van der Waals surface area contributed by atoms with Crippen molar-refractivity contribution in [3.05, 3.63) is 0 Å². The summed E-state index contributed by atoms with van der Waals surface area (Å²) in [4.78, 5) is 0. The molecule has 1 N–H and O–H groups in total. The van der Waals surface area contributed by atoms with Crippen LogP contribution in [0.25, 0.3) is 0 Å². The highest BCUT2D eigenvalue weighted by molar-refractivity contribution is 4.50. The van der Waals surface area contributed by atoms with E-state index in [1.165, 1.54) is 0 Å². The van der Waals surface area contributed by atoms with Crippen molar-refractivity contribution in [2.75, 3.05) is 19.8 Å². The molecule has 4 heteroatoms. The van der Waals surface area contributed by atoms with Crippen molar-refractivity contribution in [2.24, 2.45) is 0 Å². The van der Waals surface area contributed by atoms with Gasteiger partial charge in [-0.15, -0.1) is 0 Å². The molecule has 0 saturated heterocycles. The highest BCUT2D eigenvalue weighted by Crippen LogP contribution is 2.08. The minimum absolute atomic E-state index is 0.0563. The first-order chi connectivity index (χ1) is 7.06. The summed E-state index contributed by atoms with van der Waals surface area (Å²) in [6.07, 6.45) is 0.762. The Hall–Kier alpha value is -0.160. The SMILES string of the molecule is CC(C)OC(CCOCCO)OC(C)C. The number of ether oxygens (including phenoxy) is 3. The topological polar surface area (TPSA) is 47.9 Å². The molecule has 0 spiro atoms. The van der Waals surface area contributed by atoms with Gasteiger partial charge in [0.2, 0.25) is 0 Å². The predicted molar refractivity (Wildman–Crippen MR) is 58.8 cm³/mol. The molecule has 0 aromatic carbocycles. The minimum Gasteiger partial charge on any atom is -0.394 e. The molecule has 92 valence electrons. The third kappa shape index (κ3) is 10.1. The van der Waals surface area contributed by atoms with E-state index >= 15 is 0 Å². The van der Waals surface area contributed by atoms with E-state index in [9.17, 15) is 0 Å². The van der Waals surface area contributed by atoms with Gasteiger partial charge in [-0.1, -0.05) is 0 Å². The van der Waals surface area contributed by atoms with Gasteiger partial charge in [-0.05, 0) is 27.7 Å². The Morgan fingerprint density at radius 3 is 1.87 bits per heavy atom. The van der Waals surface area contributed by atoms with Crippen molar-refractivity contribution < 1.29 is 19.3 Å². The normalized spacial score (nSPS) is 12.0. The smallest absolute Gasteiger partial charge is 0.160 e. The van der Waals surface area contributed by atoms with Crippen LogP contribution >= 0.6 is 0 Å². The second-order valence-electron chi connectivity index (χ2n) is 3.92. The largest absolute Gasteiger partial charge is 0.394 e. The van der Waals surface area contributed by atoms with Crippen LogP contribution < -0.4 is 0 Å². The molecule has 0 saturated carbocycles. The highest BCUT2D eigenvalue weighted by atomic mass is 16.7. The molecule has 0 aliphatic rings. The molecule has 0 atom stereocenters. The fourth-order valence-electron chi connectivity index (χ4n) is 1.12. The van der Waals surface area contributed by atoms with Gasteiger partial charge in [0, 0.05) is 6.42 Å². The average Bonchev–Trinajstić information content (AvgIpc) is 2.10. The summed E-state index contributed by atoms with van der Waals surface area (Å²) < 4.78 is 16.3. The average molecular weight is 220 g/mol. The molecule has 0 fully saturated rings. The van der Waals surface area contributed by atoms with Gasteiger partial charge in [0.1, 0.15) is 0 Å². The lowest BCUT2D eigenvalue weighted by Crippen LogP contribution is -2.26. The lowest BCUT2D eigenvalue weighted by Gasteiger charge is -2.22. The molecule has 0 aliphatic carbocycles. The molecule has 0 heterocycles. The van der Waals surface area contributed by atoms with Crippen molar-refractivity contribution >= 4 is 0 Å². The van der Waals surface area contributed by atoms with Gasteiger partial charge in [-0.3, -0.25) is 0 Å². The Morgan fingerprint density at radius 2 is 1.47 bits per heavy atom. The molecule has 15 heavy (non-hydrogen) atoms. The standard InChI is InChI=1S/C11H24O4/c1-9(2)14-11(15-10(3)4)5-7-13-8-6-12/h9-12H,5-8H2,1-4H3. The minimum atomic E-state index is -0.219. The van der Waals surface area contributed by atoms with Crippen LogP contribution in [0.1, 0.15) is 34.1 Å². The van der Waals surface area contributed by atoms with Crippen molar-refractivity contribution in [2.45, 2.75) is 52.6 Å². The van der Waals surface area contributed by atoms with Crippen LogP contribution in [0.3, 0.4) is 0 Å². The van der Waals surface area contributed by atoms with Crippen LogP contribution in [0.2, 0.25) is 0 Å². The second-order valence-corrected chi connectivity index (χ2v) is 3.92. The van der Waals surface area contributed by atoms with Gasteiger partial charge in [-0.2, -0.15) is 0 Å². The Morgan fingerprint density at radius 1 is 0.933 bits per heavy atom. The van der Waals surface area contributed by atoms with E-state index in [1.807, 2.05) is 27.7 Å². The number of aliphatic hydroxyl groups excluding tert-OH is 1. The lowest BCUT2D eigenvalue weighted by molar-refractivity contribution is -0.188. The Balaban J connectivity index is 3.69. The summed E-state index contributed by atoms with van der Waals surface area (Å²) in [6, 6.07) is 0. The number of hydrogen-bond acceptors (Lipinski definition) is 4. The monoisotopic (exact) mass is 220 g/mol. The molecular weight excluding hydrogens is 196 g/mol. The molecule has 0 aromatic rings. The Labute approximate surface area is 92.5 Å². The van der Waals surface area contributed by atoms with Crippen molar-refractivity contribution in [3.8, 4) is 0 Å². The maximum absolute atomic E-state index is 8.53. The van der Waals surface area contributed by atoms with Gasteiger partial charge < -0.3 is 19.3 Å². The Kier molecular flexibility index (Phi) is 9.00. The van der Waals surface area contributed by atoms with E-state index in [4.69, 9.17) is 19.3 Å². The molecule has 0 aliphatic heterocycles. The summed E-state index contributed by atoms with van der Waals surface area (Å²) in [6.45, 7) is 8.88. The van der Waals surface area contributed by atoms with E-state index in [1.54, 1.807) is 0 Å². The zero-order chi connectivity index (χ0) is 11.7. The van der Waals surface area contributed by atoms with Gasteiger partial charge >= 0.3 is 0 Å². The second kappa shape index (κ2) is 9.09. The van der Waals surface area contributed by atoms with Crippen molar-refractivity contribution in [3.63, 3.8) is 0 Å². The van der Waals surface area contributed by atoms with Crippen LogP contribution in [0, 0.1) is 0 Å². The highest BCUT2D eigenvalue weighted by Gasteiger charge is 2.13. The van der Waals surface area contributed by atoms with Crippen molar-refractivity contribution in [1.29, 1.82) is 0 Å². The first-order valence-electron chi connectivity index (χ1n) is 5.55. The number of rotatable bonds is 9. The maximum atomic E-state index is 8.53. The van der Waals surface area contributed by atoms with Crippen LogP contribution in [0.4, 0.5) is 0 Å². The molecular formula is C11H24O4. The molecule has 0 rings (SSSR count).